The van der Waals surface area contributed by atoms with Gasteiger partial charge in [0.25, 0.3) is 5.91 Å². The van der Waals surface area contributed by atoms with Crippen molar-refractivity contribution in [1.82, 2.24) is 4.72 Å². The summed E-state index contributed by atoms with van der Waals surface area (Å²) in [5.41, 5.74) is 3.03. The van der Waals surface area contributed by atoms with Crippen LogP contribution in [0.4, 0.5) is 5.69 Å². The minimum absolute atomic E-state index is 0.0854. The third-order valence-corrected chi connectivity index (χ3v) is 12.7. The lowest BCUT2D eigenvalue weighted by atomic mass is 9.69. The van der Waals surface area contributed by atoms with Crippen LogP contribution in [0.2, 0.25) is 5.02 Å². The number of nitrogens with zero attached hydrogens (tertiary/aromatic N) is 1. The van der Waals surface area contributed by atoms with Gasteiger partial charge in [0.1, 0.15) is 11.5 Å². The molecule has 0 radical (unpaired) electrons. The van der Waals surface area contributed by atoms with Crippen molar-refractivity contribution in [3.05, 3.63) is 64.2 Å². The number of benzene rings is 2. The van der Waals surface area contributed by atoms with Crippen molar-refractivity contribution in [1.29, 1.82) is 0 Å². The summed E-state index contributed by atoms with van der Waals surface area (Å²) in [5, 5.41) is 10.4. The van der Waals surface area contributed by atoms with E-state index in [4.69, 9.17) is 16.3 Å². The second-order valence-corrected chi connectivity index (χ2v) is 15.6. The van der Waals surface area contributed by atoms with E-state index < -0.39 is 21.2 Å². The average Bonchev–Trinajstić information content (AvgIpc) is 3.11. The number of carbonyl (C=O) groups excluding carboxylic acids is 1. The number of fused-ring (bicyclic) bond motifs is 6. The molecule has 224 valence electrons. The molecule has 7 rings (SSSR count). The first-order chi connectivity index (χ1) is 20.2. The van der Waals surface area contributed by atoms with Gasteiger partial charge in [0, 0.05) is 24.1 Å². The predicted molar refractivity (Wildman–Crippen MR) is 164 cm³/mol. The van der Waals surface area contributed by atoms with E-state index in [1.165, 1.54) is 6.42 Å². The number of halogens is 1. The van der Waals surface area contributed by atoms with Gasteiger partial charge in [-0.1, -0.05) is 30.2 Å². The van der Waals surface area contributed by atoms with Crippen LogP contribution in [0.25, 0.3) is 0 Å². The van der Waals surface area contributed by atoms with Crippen LogP contribution >= 0.6 is 11.6 Å². The SMILES string of the molecule is O=C1NS(=O)(=O)C2CCCC(/C=C/C[C@H]3CC[C@H]3CN3C[C@@]4(CCCc5cc(Cl)c(O)cc54)COc4ccc1cc43)C2. The number of sulfonamides is 1. The van der Waals surface area contributed by atoms with Crippen LogP contribution in [0.15, 0.2) is 42.5 Å². The lowest BCUT2D eigenvalue weighted by Crippen LogP contribution is -2.48. The van der Waals surface area contributed by atoms with Gasteiger partial charge in [-0.05, 0) is 117 Å². The van der Waals surface area contributed by atoms with Gasteiger partial charge in [-0.15, -0.1) is 0 Å². The molecule has 2 heterocycles. The van der Waals surface area contributed by atoms with E-state index in [1.807, 2.05) is 24.3 Å². The number of phenolic OH excluding ortho intramolecular Hbond substituents is 1. The molecule has 2 unspecified atom stereocenters. The first-order valence-electron chi connectivity index (χ1n) is 15.5. The van der Waals surface area contributed by atoms with Gasteiger partial charge >= 0.3 is 0 Å². The number of carbonyl (C=O) groups is 1. The summed E-state index contributed by atoms with van der Waals surface area (Å²) in [7, 11) is -3.81. The number of anilines is 1. The van der Waals surface area contributed by atoms with Crippen LogP contribution in [-0.4, -0.2) is 44.4 Å². The molecule has 2 aliphatic heterocycles. The third kappa shape index (κ3) is 5.08. The van der Waals surface area contributed by atoms with Gasteiger partial charge in [0.15, 0.2) is 0 Å². The number of phenols is 1. The van der Waals surface area contributed by atoms with E-state index in [1.54, 1.807) is 6.07 Å². The molecule has 5 aliphatic rings. The van der Waals surface area contributed by atoms with E-state index >= 15 is 0 Å². The highest BCUT2D eigenvalue weighted by atomic mass is 35.5. The number of nitrogens with one attached hydrogen (secondary N) is 1. The minimum Gasteiger partial charge on any atom is -0.506 e. The number of rotatable bonds is 0. The second-order valence-electron chi connectivity index (χ2n) is 13.2. The Morgan fingerprint density at radius 2 is 1.93 bits per heavy atom. The molecule has 2 saturated carbocycles. The van der Waals surface area contributed by atoms with Crippen LogP contribution in [0.1, 0.15) is 79.3 Å². The Labute approximate surface area is 253 Å². The first kappa shape index (κ1) is 28.1. The molecular weight excluding hydrogens is 572 g/mol. The van der Waals surface area contributed by atoms with Crippen molar-refractivity contribution in [3.63, 3.8) is 0 Å². The fourth-order valence-corrected chi connectivity index (χ4v) is 9.81. The van der Waals surface area contributed by atoms with Crippen molar-refractivity contribution in [2.75, 3.05) is 24.6 Å². The number of allylic oxidation sites excluding steroid dienone is 2. The van der Waals surface area contributed by atoms with Crippen LogP contribution in [0.5, 0.6) is 11.5 Å². The molecule has 9 heteroatoms. The monoisotopic (exact) mass is 610 g/mol. The van der Waals surface area contributed by atoms with E-state index in [0.717, 1.165) is 68.3 Å². The molecule has 2 N–H and O–H groups in total. The van der Waals surface area contributed by atoms with Crippen molar-refractivity contribution in [3.8, 4) is 11.5 Å². The number of hydrogen-bond donors (Lipinski definition) is 2. The second kappa shape index (κ2) is 10.8. The molecule has 0 aromatic heterocycles. The van der Waals surface area contributed by atoms with Gasteiger partial charge in [-0.2, -0.15) is 0 Å². The van der Waals surface area contributed by atoms with Crippen LogP contribution in [0.3, 0.4) is 0 Å². The summed E-state index contributed by atoms with van der Waals surface area (Å²) in [6.07, 6.45) is 13.7. The Balaban J connectivity index is 1.29. The van der Waals surface area contributed by atoms with E-state index in [-0.39, 0.29) is 17.1 Å². The molecule has 2 aromatic carbocycles. The number of amides is 1. The van der Waals surface area contributed by atoms with Crippen molar-refractivity contribution in [2.24, 2.45) is 17.8 Å². The zero-order valence-corrected chi connectivity index (χ0v) is 25.4. The zero-order chi connectivity index (χ0) is 29.1. The summed E-state index contributed by atoms with van der Waals surface area (Å²) in [4.78, 5) is 15.8. The van der Waals surface area contributed by atoms with Crippen molar-refractivity contribution >= 4 is 33.2 Å². The average molecular weight is 611 g/mol. The molecule has 2 fully saturated rings. The molecule has 4 bridgehead atoms. The van der Waals surface area contributed by atoms with Gasteiger partial charge in [0.05, 0.1) is 22.6 Å². The van der Waals surface area contributed by atoms with Gasteiger partial charge < -0.3 is 14.7 Å². The Hall–Kier alpha value is -2.71. The van der Waals surface area contributed by atoms with Gasteiger partial charge in [-0.25, -0.2) is 13.1 Å². The lowest BCUT2D eigenvalue weighted by molar-refractivity contribution is 0.0980. The van der Waals surface area contributed by atoms with E-state index in [0.29, 0.717) is 54.2 Å². The molecule has 2 aromatic rings. The lowest BCUT2D eigenvalue weighted by Gasteiger charge is -2.44. The largest absolute Gasteiger partial charge is 0.506 e. The molecule has 1 amide bonds. The summed E-state index contributed by atoms with van der Waals surface area (Å²) < 4.78 is 35.6. The highest BCUT2D eigenvalue weighted by Crippen LogP contribution is 2.48. The quantitative estimate of drug-likeness (QED) is 0.349. The Morgan fingerprint density at radius 3 is 2.76 bits per heavy atom. The maximum Gasteiger partial charge on any atom is 0.264 e. The van der Waals surface area contributed by atoms with Gasteiger partial charge in [-0.3, -0.25) is 4.79 Å². The normalized spacial score (nSPS) is 32.8. The van der Waals surface area contributed by atoms with Crippen LogP contribution in [0, 0.1) is 17.8 Å². The maximum atomic E-state index is 13.4. The highest BCUT2D eigenvalue weighted by Gasteiger charge is 2.44. The van der Waals surface area contributed by atoms with Crippen molar-refractivity contribution < 1.29 is 23.1 Å². The summed E-state index contributed by atoms with van der Waals surface area (Å²) >= 11 is 6.32. The molecule has 5 atom stereocenters. The van der Waals surface area contributed by atoms with E-state index in [9.17, 15) is 18.3 Å². The smallest absolute Gasteiger partial charge is 0.264 e. The summed E-state index contributed by atoms with van der Waals surface area (Å²) in [6, 6.07) is 9.01. The Bertz CT molecular complexity index is 1540. The number of ether oxygens (including phenoxy) is 1. The molecule has 7 nitrogen and oxygen atoms in total. The molecule has 1 spiro atoms. The summed E-state index contributed by atoms with van der Waals surface area (Å²) in [6.45, 7) is 1.96. The minimum atomic E-state index is -3.81. The predicted octanol–water partition coefficient (Wildman–Crippen LogP) is 6.12. The Kier molecular flexibility index (Phi) is 7.21. The molecule has 0 saturated heterocycles. The highest BCUT2D eigenvalue weighted by molar-refractivity contribution is 7.90. The fraction of sp³-hybridized carbons (Fsp3) is 0.545. The molecule has 42 heavy (non-hydrogen) atoms. The number of hydrogen-bond acceptors (Lipinski definition) is 6. The van der Waals surface area contributed by atoms with E-state index in [2.05, 4.69) is 21.8 Å². The molecule has 3 aliphatic carbocycles. The summed E-state index contributed by atoms with van der Waals surface area (Å²) in [5.74, 6) is 1.51. The fourth-order valence-electron chi connectivity index (χ4n) is 8.10. The third-order valence-electron chi connectivity index (χ3n) is 10.6. The zero-order valence-electron chi connectivity index (χ0n) is 23.9. The van der Waals surface area contributed by atoms with Crippen LogP contribution < -0.4 is 14.4 Å². The molecular formula is C33H39ClN2O5S. The van der Waals surface area contributed by atoms with Crippen LogP contribution in [-0.2, 0) is 21.9 Å². The first-order valence-corrected chi connectivity index (χ1v) is 17.4. The topological polar surface area (TPSA) is 95.9 Å². The Morgan fingerprint density at radius 1 is 1.07 bits per heavy atom. The number of aromatic hydroxyl groups is 1. The standard InChI is InChI=1S/C33H39ClN2O5S/c34-28-15-23-7-3-13-33(27(23)17-30(28)37)19-36-18-25-10-9-22(25)6-1-4-21-5-2-8-26(14-21)42(39,40)35-32(38)24-11-12-31(41-20-33)29(36)16-24/h1,4,11-12,15-17,21-22,25-26,37H,2-3,5-10,13-14,18-20H2,(H,35,38)/b4-1+/t21?,22-,25-,26?,33-/m0/s1. The van der Waals surface area contributed by atoms with Crippen molar-refractivity contribution in [2.45, 2.75) is 74.9 Å². The van der Waals surface area contributed by atoms with Gasteiger partial charge in [0.2, 0.25) is 10.0 Å². The number of aryl methyl sites for hydroxylation is 1. The maximum absolute atomic E-state index is 13.4.